The minimum atomic E-state index is -0.0691. The van der Waals surface area contributed by atoms with Gasteiger partial charge in [-0.15, -0.1) is 10.2 Å². The SMILES string of the molecule is Cn1c(SCC(=O)NCc2ccc(-c3ccc(Cl)cc3)o2)nnc1C1CC1. The third kappa shape index (κ3) is 4.36. The predicted molar refractivity (Wildman–Crippen MR) is 105 cm³/mol. The van der Waals surface area contributed by atoms with Crippen LogP contribution < -0.4 is 5.32 Å². The number of nitrogens with one attached hydrogen (secondary N) is 1. The zero-order valence-corrected chi connectivity index (χ0v) is 16.4. The fourth-order valence-corrected chi connectivity index (χ4v) is 3.63. The molecule has 1 fully saturated rings. The molecular weight excluding hydrogens is 384 g/mol. The zero-order chi connectivity index (χ0) is 18.8. The number of rotatable bonds is 7. The molecular formula is C19H19ClN4O2S. The van der Waals surface area contributed by atoms with Gasteiger partial charge in [0, 0.05) is 23.6 Å². The predicted octanol–water partition coefficient (Wildman–Crippen LogP) is 4.01. The average Bonchev–Trinajstić information content (AvgIpc) is 3.28. The molecule has 1 aliphatic carbocycles. The first kappa shape index (κ1) is 18.1. The summed E-state index contributed by atoms with van der Waals surface area (Å²) in [6, 6.07) is 11.2. The molecule has 1 aromatic carbocycles. The van der Waals surface area contributed by atoms with E-state index in [9.17, 15) is 4.79 Å². The number of amides is 1. The average molecular weight is 403 g/mol. The fraction of sp³-hybridized carbons (Fsp3) is 0.316. The molecule has 1 N–H and O–H groups in total. The summed E-state index contributed by atoms with van der Waals surface area (Å²) in [5, 5.41) is 12.7. The third-order valence-corrected chi connectivity index (χ3v) is 5.67. The summed E-state index contributed by atoms with van der Waals surface area (Å²) in [6.07, 6.45) is 2.36. The van der Waals surface area contributed by atoms with E-state index in [0.717, 1.165) is 22.3 Å². The van der Waals surface area contributed by atoms with Crippen LogP contribution in [0.15, 0.2) is 46.0 Å². The second-order valence-corrected chi connectivity index (χ2v) is 7.89. The minimum Gasteiger partial charge on any atom is -0.459 e. The Kier molecular flexibility index (Phi) is 5.22. The van der Waals surface area contributed by atoms with Crippen LogP contribution in [0.5, 0.6) is 0 Å². The van der Waals surface area contributed by atoms with Gasteiger partial charge in [-0.2, -0.15) is 0 Å². The molecule has 1 aliphatic rings. The largest absolute Gasteiger partial charge is 0.459 e. The van der Waals surface area contributed by atoms with Crippen LogP contribution in [0, 0.1) is 0 Å². The Morgan fingerprint density at radius 3 is 2.78 bits per heavy atom. The highest BCUT2D eigenvalue weighted by atomic mass is 35.5. The number of furan rings is 1. The van der Waals surface area contributed by atoms with Crippen LogP contribution in [0.1, 0.15) is 30.3 Å². The molecule has 0 unspecified atom stereocenters. The summed E-state index contributed by atoms with van der Waals surface area (Å²) in [7, 11) is 1.95. The quantitative estimate of drug-likeness (QED) is 0.604. The van der Waals surface area contributed by atoms with Crippen molar-refractivity contribution in [2.75, 3.05) is 5.75 Å². The number of carbonyl (C=O) groups excluding carboxylic acids is 1. The molecule has 4 rings (SSSR count). The van der Waals surface area contributed by atoms with Crippen molar-refractivity contribution >= 4 is 29.3 Å². The monoisotopic (exact) mass is 402 g/mol. The number of hydrogen-bond donors (Lipinski definition) is 1. The topological polar surface area (TPSA) is 73.0 Å². The lowest BCUT2D eigenvalue weighted by Gasteiger charge is -2.04. The Morgan fingerprint density at radius 2 is 2.04 bits per heavy atom. The van der Waals surface area contributed by atoms with E-state index in [-0.39, 0.29) is 5.91 Å². The first-order valence-electron chi connectivity index (χ1n) is 8.73. The van der Waals surface area contributed by atoms with Crippen LogP contribution in [-0.4, -0.2) is 26.4 Å². The number of benzene rings is 1. The van der Waals surface area contributed by atoms with Crippen molar-refractivity contribution in [3.05, 3.63) is 53.0 Å². The lowest BCUT2D eigenvalue weighted by molar-refractivity contribution is -0.118. The number of nitrogens with zero attached hydrogens (tertiary/aromatic N) is 3. The van der Waals surface area contributed by atoms with Gasteiger partial charge < -0.3 is 14.3 Å². The zero-order valence-electron chi connectivity index (χ0n) is 14.8. The first-order valence-corrected chi connectivity index (χ1v) is 10.1. The molecule has 1 saturated carbocycles. The lowest BCUT2D eigenvalue weighted by Crippen LogP contribution is -2.24. The number of halogens is 1. The van der Waals surface area contributed by atoms with Crippen molar-refractivity contribution in [3.8, 4) is 11.3 Å². The van der Waals surface area contributed by atoms with Crippen molar-refractivity contribution in [3.63, 3.8) is 0 Å². The molecule has 1 amide bonds. The smallest absolute Gasteiger partial charge is 0.230 e. The molecule has 27 heavy (non-hydrogen) atoms. The highest BCUT2D eigenvalue weighted by Crippen LogP contribution is 2.39. The summed E-state index contributed by atoms with van der Waals surface area (Å²) in [6.45, 7) is 0.346. The maximum Gasteiger partial charge on any atom is 0.230 e. The second-order valence-electron chi connectivity index (χ2n) is 6.51. The van der Waals surface area contributed by atoms with Gasteiger partial charge in [-0.1, -0.05) is 23.4 Å². The Labute approximate surface area is 166 Å². The summed E-state index contributed by atoms with van der Waals surface area (Å²) >= 11 is 7.30. The number of aromatic nitrogens is 3. The van der Waals surface area contributed by atoms with Gasteiger partial charge >= 0.3 is 0 Å². The minimum absolute atomic E-state index is 0.0691. The van der Waals surface area contributed by atoms with Crippen molar-refractivity contribution in [1.82, 2.24) is 20.1 Å². The van der Waals surface area contributed by atoms with Gasteiger partial charge in [0.25, 0.3) is 0 Å². The van der Waals surface area contributed by atoms with Gasteiger partial charge in [-0.05, 0) is 49.2 Å². The van der Waals surface area contributed by atoms with Crippen molar-refractivity contribution in [2.45, 2.75) is 30.5 Å². The molecule has 2 aromatic heterocycles. The Bertz CT molecular complexity index is 947. The van der Waals surface area contributed by atoms with Gasteiger partial charge in [0.1, 0.15) is 17.3 Å². The normalized spacial score (nSPS) is 13.7. The molecule has 0 atom stereocenters. The Morgan fingerprint density at radius 1 is 1.26 bits per heavy atom. The van der Waals surface area contributed by atoms with E-state index >= 15 is 0 Å². The molecule has 0 saturated heterocycles. The summed E-state index contributed by atoms with van der Waals surface area (Å²) in [4.78, 5) is 12.1. The molecule has 8 heteroatoms. The molecule has 0 spiro atoms. The maximum atomic E-state index is 12.1. The van der Waals surface area contributed by atoms with Gasteiger partial charge in [0.05, 0.1) is 12.3 Å². The molecule has 2 heterocycles. The number of thioether (sulfide) groups is 1. The standard InChI is InChI=1S/C19H19ClN4O2S/c1-24-18(13-2-3-13)22-23-19(24)27-11-17(25)21-10-15-8-9-16(26-15)12-4-6-14(20)7-5-12/h4-9,13H,2-3,10-11H2,1H3,(H,21,25). The van der Waals surface area contributed by atoms with E-state index in [1.807, 2.05) is 48.0 Å². The van der Waals surface area contributed by atoms with Crippen LogP contribution in [0.2, 0.25) is 5.02 Å². The van der Waals surface area contributed by atoms with Gasteiger partial charge in [-0.3, -0.25) is 4.79 Å². The van der Waals surface area contributed by atoms with Crippen LogP contribution in [-0.2, 0) is 18.4 Å². The van der Waals surface area contributed by atoms with E-state index in [1.165, 1.54) is 24.6 Å². The summed E-state index contributed by atoms with van der Waals surface area (Å²) in [5.74, 6) is 3.23. The number of hydrogen-bond acceptors (Lipinski definition) is 5. The van der Waals surface area contributed by atoms with Crippen LogP contribution in [0.4, 0.5) is 0 Å². The van der Waals surface area contributed by atoms with E-state index in [0.29, 0.717) is 29.0 Å². The van der Waals surface area contributed by atoms with Crippen molar-refractivity contribution in [2.24, 2.45) is 7.05 Å². The van der Waals surface area contributed by atoms with Gasteiger partial charge in [0.15, 0.2) is 5.16 Å². The van der Waals surface area contributed by atoms with Crippen LogP contribution in [0.3, 0.4) is 0 Å². The summed E-state index contributed by atoms with van der Waals surface area (Å²) in [5.41, 5.74) is 0.946. The molecule has 6 nitrogen and oxygen atoms in total. The fourth-order valence-electron chi connectivity index (χ4n) is 2.76. The third-order valence-electron chi connectivity index (χ3n) is 4.39. The van der Waals surface area contributed by atoms with Gasteiger partial charge in [-0.25, -0.2) is 0 Å². The lowest BCUT2D eigenvalue weighted by atomic mass is 10.2. The highest BCUT2D eigenvalue weighted by Gasteiger charge is 2.29. The van der Waals surface area contributed by atoms with Crippen LogP contribution >= 0.6 is 23.4 Å². The summed E-state index contributed by atoms with van der Waals surface area (Å²) < 4.78 is 7.77. The van der Waals surface area contributed by atoms with Crippen molar-refractivity contribution in [1.29, 1.82) is 0 Å². The molecule has 0 radical (unpaired) electrons. The second kappa shape index (κ2) is 7.78. The molecule has 0 bridgehead atoms. The van der Waals surface area contributed by atoms with Gasteiger partial charge in [0.2, 0.25) is 5.91 Å². The maximum absolute atomic E-state index is 12.1. The molecule has 3 aromatic rings. The van der Waals surface area contributed by atoms with Crippen LogP contribution in [0.25, 0.3) is 11.3 Å². The van der Waals surface area contributed by atoms with Crippen molar-refractivity contribution < 1.29 is 9.21 Å². The Hall–Kier alpha value is -2.25. The first-order chi connectivity index (χ1) is 13.1. The van der Waals surface area contributed by atoms with E-state index in [4.69, 9.17) is 16.0 Å². The number of carbonyl (C=O) groups is 1. The molecule has 140 valence electrons. The van der Waals surface area contributed by atoms with E-state index in [2.05, 4.69) is 15.5 Å². The molecule has 0 aliphatic heterocycles. The Balaban J connectivity index is 1.27. The van der Waals surface area contributed by atoms with E-state index < -0.39 is 0 Å². The highest BCUT2D eigenvalue weighted by molar-refractivity contribution is 7.99. The van der Waals surface area contributed by atoms with E-state index in [1.54, 1.807) is 0 Å².